The molecule has 0 bridgehead atoms. The number of ether oxygens (including phenoxy) is 1. The van der Waals surface area contributed by atoms with E-state index < -0.39 is 0 Å². The highest BCUT2D eigenvalue weighted by molar-refractivity contribution is 5.78. The van der Waals surface area contributed by atoms with Gasteiger partial charge in [0, 0.05) is 25.4 Å². The van der Waals surface area contributed by atoms with E-state index in [0.29, 0.717) is 12.6 Å². The van der Waals surface area contributed by atoms with E-state index >= 15 is 0 Å². The van der Waals surface area contributed by atoms with E-state index in [2.05, 4.69) is 29.2 Å². The number of hydrogen-bond acceptors (Lipinski definition) is 4. The van der Waals surface area contributed by atoms with Gasteiger partial charge in [-0.25, -0.2) is 9.38 Å². The quantitative estimate of drug-likeness (QED) is 0.859. The molecule has 0 saturated heterocycles. The van der Waals surface area contributed by atoms with Crippen molar-refractivity contribution in [3.63, 3.8) is 0 Å². The van der Waals surface area contributed by atoms with E-state index in [1.807, 2.05) is 12.1 Å². The predicted molar refractivity (Wildman–Crippen MR) is 98.4 cm³/mol. The normalized spacial score (nSPS) is 29.8. The molecule has 5 rings (SSSR count). The van der Waals surface area contributed by atoms with Crippen LogP contribution in [-0.4, -0.2) is 35.7 Å². The summed E-state index contributed by atoms with van der Waals surface area (Å²) in [5.41, 5.74) is 9.40. The number of halogens is 1. The first-order chi connectivity index (χ1) is 12.6. The van der Waals surface area contributed by atoms with Crippen molar-refractivity contribution in [2.24, 2.45) is 10.7 Å². The molecule has 2 N–H and O–H groups in total. The Labute approximate surface area is 152 Å². The van der Waals surface area contributed by atoms with Crippen molar-refractivity contribution in [2.75, 3.05) is 13.1 Å². The van der Waals surface area contributed by atoms with Crippen molar-refractivity contribution in [3.05, 3.63) is 71.0 Å². The minimum atomic E-state index is -0.221. The number of benzene rings is 2. The molecule has 134 valence electrons. The molecule has 0 radical (unpaired) electrons. The smallest absolute Gasteiger partial charge is 0.288 e. The number of rotatable bonds is 1. The van der Waals surface area contributed by atoms with Crippen LogP contribution in [0.2, 0.25) is 0 Å². The summed E-state index contributed by atoms with van der Waals surface area (Å²) in [6.45, 7) is 1.52. The first kappa shape index (κ1) is 15.8. The number of hydrogen-bond donors (Lipinski definition) is 1. The molecule has 5 heteroatoms. The summed E-state index contributed by atoms with van der Waals surface area (Å²) in [4.78, 5) is 6.96. The van der Waals surface area contributed by atoms with Crippen LogP contribution in [0.25, 0.3) is 0 Å². The molecule has 0 unspecified atom stereocenters. The van der Waals surface area contributed by atoms with Crippen LogP contribution in [0.3, 0.4) is 0 Å². The number of aliphatic imine (C=N–C) groups is 1. The zero-order valence-corrected chi connectivity index (χ0v) is 14.6. The maximum Gasteiger partial charge on any atom is 0.288 e. The lowest BCUT2D eigenvalue weighted by Gasteiger charge is -2.44. The highest BCUT2D eigenvalue weighted by atomic mass is 19.1. The molecule has 4 nitrogen and oxygen atoms in total. The van der Waals surface area contributed by atoms with Crippen molar-refractivity contribution in [3.8, 4) is 0 Å². The molecular weight excluding hydrogens is 329 g/mol. The Bertz CT molecular complexity index is 858. The lowest BCUT2D eigenvalue weighted by Crippen LogP contribution is -2.55. The Kier molecular flexibility index (Phi) is 3.54. The fourth-order valence-corrected chi connectivity index (χ4v) is 4.50. The number of nitrogens with two attached hydrogens (primary N) is 1. The van der Waals surface area contributed by atoms with Gasteiger partial charge in [-0.3, -0.25) is 0 Å². The van der Waals surface area contributed by atoms with Crippen LogP contribution >= 0.6 is 0 Å². The molecule has 3 aliphatic rings. The van der Waals surface area contributed by atoms with Crippen LogP contribution in [0.15, 0.2) is 53.5 Å². The second-order valence-electron chi connectivity index (χ2n) is 7.65. The van der Waals surface area contributed by atoms with Crippen LogP contribution < -0.4 is 5.73 Å². The summed E-state index contributed by atoms with van der Waals surface area (Å²) in [5.74, 6) is -0.221. The molecule has 1 atom stereocenters. The molecule has 26 heavy (non-hydrogen) atoms. The zero-order chi connectivity index (χ0) is 17.7. The van der Waals surface area contributed by atoms with Gasteiger partial charge in [0.25, 0.3) is 6.02 Å². The van der Waals surface area contributed by atoms with E-state index in [-0.39, 0.29) is 23.5 Å². The van der Waals surface area contributed by atoms with Crippen molar-refractivity contribution in [1.29, 1.82) is 0 Å². The second kappa shape index (κ2) is 5.81. The summed E-state index contributed by atoms with van der Waals surface area (Å²) < 4.78 is 19.8. The van der Waals surface area contributed by atoms with Gasteiger partial charge in [0.1, 0.15) is 11.4 Å². The molecule has 2 aliphatic heterocycles. The van der Waals surface area contributed by atoms with E-state index in [4.69, 9.17) is 15.5 Å². The Morgan fingerprint density at radius 3 is 2.65 bits per heavy atom. The third kappa shape index (κ3) is 2.50. The highest BCUT2D eigenvalue weighted by Gasteiger charge is 2.50. The summed E-state index contributed by atoms with van der Waals surface area (Å²) >= 11 is 0. The summed E-state index contributed by atoms with van der Waals surface area (Å²) in [5, 5.41) is 0. The van der Waals surface area contributed by atoms with E-state index in [1.54, 1.807) is 0 Å². The predicted octanol–water partition coefficient (Wildman–Crippen LogP) is 3.02. The van der Waals surface area contributed by atoms with Gasteiger partial charge >= 0.3 is 0 Å². The summed E-state index contributed by atoms with van der Waals surface area (Å²) in [6.07, 6.45) is 2.68. The molecule has 2 aromatic carbocycles. The monoisotopic (exact) mass is 351 g/mol. The van der Waals surface area contributed by atoms with Gasteiger partial charge in [-0.2, -0.15) is 0 Å². The Morgan fingerprint density at radius 1 is 1.12 bits per heavy atom. The Hall–Kier alpha value is -2.40. The molecule has 2 aromatic rings. The van der Waals surface area contributed by atoms with Crippen LogP contribution in [0, 0.1) is 5.82 Å². The average Bonchev–Trinajstić information content (AvgIpc) is 3.06. The molecule has 0 aromatic heterocycles. The largest absolute Gasteiger partial charge is 0.456 e. The van der Waals surface area contributed by atoms with Crippen molar-refractivity contribution in [2.45, 2.75) is 36.9 Å². The fourth-order valence-electron chi connectivity index (χ4n) is 4.50. The first-order valence-corrected chi connectivity index (χ1v) is 9.23. The standard InChI is InChI=1S/C21H22FN3O/c22-16-7-5-15(6-8-16)19-18-4-2-1-3-14(18)9-10-25(19)20-24-13-21(26-20)11-17(23)12-21/h1-8,17,19H,9-13,23H2/t17?,19-,21?/m0/s1. The van der Waals surface area contributed by atoms with Gasteiger partial charge in [-0.1, -0.05) is 36.4 Å². The minimum Gasteiger partial charge on any atom is -0.456 e. The number of nitrogens with zero attached hydrogens (tertiary/aromatic N) is 2. The van der Waals surface area contributed by atoms with Crippen molar-refractivity contribution < 1.29 is 9.13 Å². The molecule has 0 amide bonds. The maximum absolute atomic E-state index is 13.5. The third-order valence-electron chi connectivity index (χ3n) is 5.79. The van der Waals surface area contributed by atoms with E-state index in [9.17, 15) is 4.39 Å². The van der Waals surface area contributed by atoms with E-state index in [0.717, 1.165) is 31.4 Å². The lowest BCUT2D eigenvalue weighted by atomic mass is 9.76. The van der Waals surface area contributed by atoms with Crippen LogP contribution in [0.1, 0.15) is 35.6 Å². The van der Waals surface area contributed by atoms with Crippen molar-refractivity contribution >= 4 is 6.02 Å². The van der Waals surface area contributed by atoms with Gasteiger partial charge in [-0.15, -0.1) is 0 Å². The SMILES string of the molecule is NC1CC2(CN=C(N3CCc4ccccc4[C@@H]3c3ccc(F)cc3)O2)C1. The topological polar surface area (TPSA) is 50.8 Å². The van der Waals surface area contributed by atoms with Gasteiger partial charge in [0.05, 0.1) is 12.6 Å². The highest BCUT2D eigenvalue weighted by Crippen LogP contribution is 2.42. The summed E-state index contributed by atoms with van der Waals surface area (Å²) in [7, 11) is 0. The molecule has 1 aliphatic carbocycles. The van der Waals surface area contributed by atoms with Gasteiger partial charge in [0.15, 0.2) is 0 Å². The molecular formula is C21H22FN3O. The maximum atomic E-state index is 13.5. The Morgan fingerprint density at radius 2 is 1.88 bits per heavy atom. The molecule has 2 heterocycles. The van der Waals surface area contributed by atoms with Crippen molar-refractivity contribution in [1.82, 2.24) is 4.90 Å². The van der Waals surface area contributed by atoms with Gasteiger partial charge < -0.3 is 15.4 Å². The first-order valence-electron chi connectivity index (χ1n) is 9.23. The zero-order valence-electron chi connectivity index (χ0n) is 14.6. The van der Waals surface area contributed by atoms with Crippen LogP contribution in [0.4, 0.5) is 4.39 Å². The van der Waals surface area contributed by atoms with Gasteiger partial charge in [0.2, 0.25) is 0 Å². The van der Waals surface area contributed by atoms with E-state index in [1.165, 1.54) is 23.3 Å². The van der Waals surface area contributed by atoms with Crippen LogP contribution in [-0.2, 0) is 11.2 Å². The number of fused-ring (bicyclic) bond motifs is 1. The average molecular weight is 351 g/mol. The Balaban J connectivity index is 1.51. The molecule has 1 fully saturated rings. The van der Waals surface area contributed by atoms with Crippen LogP contribution in [0.5, 0.6) is 0 Å². The fraction of sp³-hybridized carbons (Fsp3) is 0.381. The third-order valence-corrected chi connectivity index (χ3v) is 5.79. The second-order valence-corrected chi connectivity index (χ2v) is 7.65. The minimum absolute atomic E-state index is 0.0109. The number of amidine groups is 1. The van der Waals surface area contributed by atoms with Gasteiger partial charge in [-0.05, 0) is 35.2 Å². The molecule has 1 spiro atoms. The summed E-state index contributed by atoms with van der Waals surface area (Å²) in [6, 6.07) is 16.1. The molecule has 1 saturated carbocycles. The lowest BCUT2D eigenvalue weighted by molar-refractivity contribution is -0.0196.